The van der Waals surface area contributed by atoms with Gasteiger partial charge >= 0.3 is 6.18 Å². The monoisotopic (exact) mass is 406 g/mol. The normalized spacial score (nSPS) is 12.6. The number of nitrogens with zero attached hydrogens (tertiary/aromatic N) is 1. The Balaban J connectivity index is 1.82. The number of anilines is 2. The number of carbonyl (C=O) groups excluding carboxylic acids is 1. The molecule has 9 heteroatoms. The van der Waals surface area contributed by atoms with Gasteiger partial charge in [-0.1, -0.05) is 24.3 Å². The molecule has 0 bridgehead atoms. The summed E-state index contributed by atoms with van der Waals surface area (Å²) in [5.41, 5.74) is 12.6. The van der Waals surface area contributed by atoms with E-state index >= 15 is 0 Å². The van der Waals surface area contributed by atoms with Gasteiger partial charge in [0, 0.05) is 23.2 Å². The van der Waals surface area contributed by atoms with E-state index < -0.39 is 23.6 Å². The van der Waals surface area contributed by atoms with Crippen LogP contribution in [0.5, 0.6) is 0 Å². The van der Waals surface area contributed by atoms with Crippen molar-refractivity contribution >= 4 is 28.1 Å². The summed E-state index contributed by atoms with van der Waals surface area (Å²) >= 11 is 1.26. The average molecular weight is 406 g/mol. The highest BCUT2D eigenvalue weighted by Gasteiger charge is 2.30. The standard InChI is InChI=1S/C19H17F3N4OS/c20-19(21,22)13-5-2-6-14(8-13)25-18-26-16(10-28-18)12-4-1-3-11(7-12)15(9-23)17(24)27/h1-8,10,15H,9,23H2,(H2,24,27)(H,25,26). The van der Waals surface area contributed by atoms with Gasteiger partial charge in [-0.15, -0.1) is 11.3 Å². The zero-order chi connectivity index (χ0) is 20.3. The second-order valence-electron chi connectivity index (χ2n) is 6.06. The minimum Gasteiger partial charge on any atom is -0.369 e. The highest BCUT2D eigenvalue weighted by molar-refractivity contribution is 7.14. The molecule has 0 aliphatic carbocycles. The van der Waals surface area contributed by atoms with Gasteiger partial charge in [0.2, 0.25) is 5.91 Å². The van der Waals surface area contributed by atoms with Crippen LogP contribution >= 0.6 is 11.3 Å². The molecule has 146 valence electrons. The topological polar surface area (TPSA) is 94.0 Å². The molecule has 1 aromatic heterocycles. The highest BCUT2D eigenvalue weighted by Crippen LogP contribution is 2.33. The molecule has 0 spiro atoms. The number of hydrogen-bond donors (Lipinski definition) is 3. The molecule has 0 radical (unpaired) electrons. The Kier molecular flexibility index (Phi) is 5.66. The number of benzene rings is 2. The lowest BCUT2D eigenvalue weighted by atomic mass is 9.96. The number of amides is 1. The molecule has 5 nitrogen and oxygen atoms in total. The lowest BCUT2D eigenvalue weighted by Gasteiger charge is -2.12. The van der Waals surface area contributed by atoms with E-state index in [1.165, 1.54) is 23.5 Å². The summed E-state index contributed by atoms with van der Waals surface area (Å²) in [7, 11) is 0. The van der Waals surface area contributed by atoms with Crippen LogP contribution in [0, 0.1) is 0 Å². The molecule has 0 aliphatic rings. The lowest BCUT2D eigenvalue weighted by Crippen LogP contribution is -2.27. The summed E-state index contributed by atoms with van der Waals surface area (Å²) in [6.45, 7) is 0.0954. The van der Waals surface area contributed by atoms with Crippen molar-refractivity contribution in [2.24, 2.45) is 11.5 Å². The van der Waals surface area contributed by atoms with Gasteiger partial charge in [0.15, 0.2) is 5.13 Å². The Bertz CT molecular complexity index is 987. The van der Waals surface area contributed by atoms with Gasteiger partial charge in [0.05, 0.1) is 17.2 Å². The Labute approximate surface area is 163 Å². The summed E-state index contributed by atoms with van der Waals surface area (Å²) in [4.78, 5) is 15.9. The first-order valence-electron chi connectivity index (χ1n) is 8.27. The van der Waals surface area contributed by atoms with Gasteiger partial charge in [-0.25, -0.2) is 4.98 Å². The van der Waals surface area contributed by atoms with E-state index in [-0.39, 0.29) is 6.54 Å². The van der Waals surface area contributed by atoms with Crippen LogP contribution in [-0.4, -0.2) is 17.4 Å². The van der Waals surface area contributed by atoms with Gasteiger partial charge in [-0.2, -0.15) is 13.2 Å². The van der Waals surface area contributed by atoms with E-state index in [9.17, 15) is 18.0 Å². The predicted octanol–water partition coefficient (Wildman–Crippen LogP) is 4.10. The van der Waals surface area contributed by atoms with Crippen molar-refractivity contribution in [3.05, 3.63) is 65.0 Å². The van der Waals surface area contributed by atoms with E-state index in [1.54, 1.807) is 23.6 Å². The van der Waals surface area contributed by atoms with Crippen LogP contribution in [0.15, 0.2) is 53.9 Å². The third-order valence-corrected chi connectivity index (χ3v) is 4.87. The molecule has 3 rings (SSSR count). The number of primary amides is 1. The second kappa shape index (κ2) is 7.99. The van der Waals surface area contributed by atoms with E-state index in [2.05, 4.69) is 10.3 Å². The number of carbonyl (C=O) groups is 1. The molecule has 2 aromatic carbocycles. The molecule has 5 N–H and O–H groups in total. The average Bonchev–Trinajstić information content (AvgIpc) is 3.10. The number of aromatic nitrogens is 1. The van der Waals surface area contributed by atoms with Gasteiger partial charge in [0.1, 0.15) is 0 Å². The van der Waals surface area contributed by atoms with Gasteiger partial charge in [0.25, 0.3) is 0 Å². The van der Waals surface area contributed by atoms with Crippen LogP contribution < -0.4 is 16.8 Å². The summed E-state index contributed by atoms with van der Waals surface area (Å²) < 4.78 is 38.5. The number of hydrogen-bond acceptors (Lipinski definition) is 5. The number of thiazole rings is 1. The third-order valence-electron chi connectivity index (χ3n) is 4.11. The third kappa shape index (κ3) is 4.49. The molecule has 0 saturated heterocycles. The van der Waals surface area contributed by atoms with Gasteiger partial charge in [-0.05, 0) is 29.8 Å². The first-order chi connectivity index (χ1) is 13.3. The Morgan fingerprint density at radius 1 is 1.18 bits per heavy atom. The van der Waals surface area contributed by atoms with E-state index in [1.807, 2.05) is 6.07 Å². The highest BCUT2D eigenvalue weighted by atomic mass is 32.1. The van der Waals surface area contributed by atoms with E-state index in [4.69, 9.17) is 11.5 Å². The molecular formula is C19H17F3N4OS. The van der Waals surface area contributed by atoms with Crippen LogP contribution in [0.1, 0.15) is 17.0 Å². The van der Waals surface area contributed by atoms with E-state index in [0.29, 0.717) is 22.1 Å². The van der Waals surface area contributed by atoms with E-state index in [0.717, 1.165) is 17.7 Å². The van der Waals surface area contributed by atoms with Crippen LogP contribution in [0.4, 0.5) is 24.0 Å². The number of nitrogens with two attached hydrogens (primary N) is 2. The minimum atomic E-state index is -4.41. The van der Waals surface area contributed by atoms with Crippen molar-refractivity contribution in [3.63, 3.8) is 0 Å². The van der Waals surface area contributed by atoms with Crippen LogP contribution in [0.25, 0.3) is 11.3 Å². The quantitative estimate of drug-likeness (QED) is 0.574. The zero-order valence-electron chi connectivity index (χ0n) is 14.5. The first-order valence-corrected chi connectivity index (χ1v) is 9.15. The van der Waals surface area contributed by atoms with Gasteiger partial charge < -0.3 is 16.8 Å². The lowest BCUT2D eigenvalue weighted by molar-refractivity contribution is -0.137. The fraction of sp³-hybridized carbons (Fsp3) is 0.158. The molecule has 1 heterocycles. The van der Waals surface area contributed by atoms with Crippen molar-refractivity contribution in [1.29, 1.82) is 0 Å². The molecule has 1 unspecified atom stereocenters. The van der Waals surface area contributed by atoms with Crippen LogP contribution in [-0.2, 0) is 11.0 Å². The molecule has 1 amide bonds. The maximum absolute atomic E-state index is 12.8. The maximum atomic E-state index is 12.8. The predicted molar refractivity (Wildman–Crippen MR) is 103 cm³/mol. The molecule has 0 aliphatic heterocycles. The molecule has 3 aromatic rings. The fourth-order valence-corrected chi connectivity index (χ4v) is 3.43. The Hall–Kier alpha value is -2.91. The zero-order valence-corrected chi connectivity index (χ0v) is 15.3. The molecule has 1 atom stereocenters. The largest absolute Gasteiger partial charge is 0.416 e. The number of rotatable bonds is 6. The van der Waals surface area contributed by atoms with Crippen molar-refractivity contribution in [3.8, 4) is 11.3 Å². The first kappa shape index (κ1) is 19.8. The molecule has 0 saturated carbocycles. The summed E-state index contributed by atoms with van der Waals surface area (Å²) in [6.07, 6.45) is -4.41. The summed E-state index contributed by atoms with van der Waals surface area (Å²) in [6, 6.07) is 12.1. The van der Waals surface area contributed by atoms with Gasteiger partial charge in [-0.3, -0.25) is 4.79 Å². The smallest absolute Gasteiger partial charge is 0.369 e. The Morgan fingerprint density at radius 2 is 1.93 bits per heavy atom. The Morgan fingerprint density at radius 3 is 2.61 bits per heavy atom. The van der Waals surface area contributed by atoms with Crippen LogP contribution in [0.3, 0.4) is 0 Å². The molecular weight excluding hydrogens is 389 g/mol. The second-order valence-corrected chi connectivity index (χ2v) is 6.92. The molecule has 28 heavy (non-hydrogen) atoms. The number of alkyl halides is 3. The maximum Gasteiger partial charge on any atom is 0.416 e. The van der Waals surface area contributed by atoms with Crippen LogP contribution in [0.2, 0.25) is 0 Å². The minimum absolute atomic E-state index is 0.0954. The van der Waals surface area contributed by atoms with Crippen molar-refractivity contribution in [2.45, 2.75) is 12.1 Å². The number of nitrogens with one attached hydrogen (secondary N) is 1. The van der Waals surface area contributed by atoms with Crippen molar-refractivity contribution in [2.75, 3.05) is 11.9 Å². The SMILES string of the molecule is NCC(C(N)=O)c1cccc(-c2csc(Nc3cccc(C(F)(F)F)c3)n2)c1. The van der Waals surface area contributed by atoms with Crippen molar-refractivity contribution in [1.82, 2.24) is 4.98 Å². The summed E-state index contributed by atoms with van der Waals surface area (Å²) in [5.74, 6) is -1.11. The number of halogens is 3. The summed E-state index contributed by atoms with van der Waals surface area (Å²) in [5, 5.41) is 5.11. The fourth-order valence-electron chi connectivity index (χ4n) is 2.69. The van der Waals surface area contributed by atoms with Crippen molar-refractivity contribution < 1.29 is 18.0 Å². The molecule has 0 fully saturated rings.